The summed E-state index contributed by atoms with van der Waals surface area (Å²) in [6, 6.07) is 51.6. The summed E-state index contributed by atoms with van der Waals surface area (Å²) in [6.45, 7) is 0. The van der Waals surface area contributed by atoms with Gasteiger partial charge in [0.1, 0.15) is 6.17 Å². The van der Waals surface area contributed by atoms with Crippen LogP contribution in [0.4, 0.5) is 0 Å². The van der Waals surface area contributed by atoms with Crippen LogP contribution in [0.25, 0.3) is 44.0 Å². The topological polar surface area (TPSA) is 29.3 Å². The van der Waals surface area contributed by atoms with Gasteiger partial charge in [-0.25, -0.2) is 0 Å². The first-order valence-electron chi connectivity index (χ1n) is 14.0. The standard InChI is InChI=1S/C38H27N3/c1-2-11-28(12-3-1)38-39-34(25-35(40-38)30-19-18-26-10-4-5-13-29(26)24-30)27-20-22-31(23-21-27)41-36-16-8-6-14-32(36)33-15-7-9-17-37(33)41/h1-25,38-39H. The van der Waals surface area contributed by atoms with E-state index in [0.717, 1.165) is 33.8 Å². The molecule has 194 valence electrons. The number of fused-ring (bicyclic) bond motifs is 4. The number of rotatable bonds is 4. The maximum atomic E-state index is 5.16. The molecule has 2 heterocycles. The predicted octanol–water partition coefficient (Wildman–Crippen LogP) is 9.07. The van der Waals surface area contributed by atoms with E-state index in [1.165, 1.54) is 32.6 Å². The van der Waals surface area contributed by atoms with E-state index in [1.54, 1.807) is 0 Å². The van der Waals surface area contributed by atoms with Crippen LogP contribution in [0.2, 0.25) is 0 Å². The molecule has 1 N–H and O–H groups in total. The van der Waals surface area contributed by atoms with Crippen molar-refractivity contribution in [2.24, 2.45) is 4.99 Å². The minimum absolute atomic E-state index is 0.172. The minimum atomic E-state index is -0.172. The molecule has 0 radical (unpaired) electrons. The van der Waals surface area contributed by atoms with Crippen LogP contribution in [0.3, 0.4) is 0 Å². The Labute approximate surface area is 238 Å². The first-order chi connectivity index (χ1) is 20.3. The fraction of sp³-hybridized carbons (Fsp3) is 0.0263. The molecular weight excluding hydrogens is 498 g/mol. The zero-order chi connectivity index (χ0) is 27.2. The van der Waals surface area contributed by atoms with Crippen LogP contribution < -0.4 is 5.32 Å². The summed E-state index contributed by atoms with van der Waals surface area (Å²) in [5.41, 5.74) is 8.99. The van der Waals surface area contributed by atoms with Gasteiger partial charge < -0.3 is 9.88 Å². The van der Waals surface area contributed by atoms with Gasteiger partial charge in [0.05, 0.1) is 16.7 Å². The van der Waals surface area contributed by atoms with Crippen LogP contribution in [0.5, 0.6) is 0 Å². The van der Waals surface area contributed by atoms with Gasteiger partial charge >= 0.3 is 0 Å². The quantitative estimate of drug-likeness (QED) is 0.244. The van der Waals surface area contributed by atoms with Crippen LogP contribution in [0, 0.1) is 0 Å². The van der Waals surface area contributed by atoms with Crippen molar-refractivity contribution in [1.29, 1.82) is 0 Å². The lowest BCUT2D eigenvalue weighted by Gasteiger charge is -2.25. The lowest BCUT2D eigenvalue weighted by Crippen LogP contribution is -2.24. The normalized spacial score (nSPS) is 15.1. The molecule has 0 fully saturated rings. The van der Waals surface area contributed by atoms with E-state index in [0.29, 0.717) is 0 Å². The Morgan fingerprint density at radius 2 is 1.15 bits per heavy atom. The number of allylic oxidation sites excluding steroid dienone is 1. The highest BCUT2D eigenvalue weighted by atomic mass is 15.1. The molecule has 1 aliphatic rings. The second-order valence-electron chi connectivity index (χ2n) is 10.5. The zero-order valence-corrected chi connectivity index (χ0v) is 22.4. The fourth-order valence-corrected chi connectivity index (χ4v) is 5.99. The second-order valence-corrected chi connectivity index (χ2v) is 10.5. The molecule has 7 aromatic rings. The molecular formula is C38H27N3. The molecule has 6 aromatic carbocycles. The van der Waals surface area contributed by atoms with Gasteiger partial charge in [-0.05, 0) is 58.3 Å². The number of nitrogens with zero attached hydrogens (tertiary/aromatic N) is 2. The maximum absolute atomic E-state index is 5.16. The molecule has 0 bridgehead atoms. The van der Waals surface area contributed by atoms with Gasteiger partial charge in [0, 0.05) is 27.7 Å². The molecule has 1 aromatic heterocycles. The van der Waals surface area contributed by atoms with Crippen LogP contribution in [-0.4, -0.2) is 10.3 Å². The molecule has 8 rings (SSSR count). The van der Waals surface area contributed by atoms with Crippen molar-refractivity contribution < 1.29 is 0 Å². The number of aliphatic imine (C=N–C) groups is 1. The maximum Gasteiger partial charge on any atom is 0.145 e. The van der Waals surface area contributed by atoms with E-state index >= 15 is 0 Å². The molecule has 0 aliphatic carbocycles. The number of hydrogen-bond acceptors (Lipinski definition) is 2. The van der Waals surface area contributed by atoms with Gasteiger partial charge in [0.25, 0.3) is 0 Å². The highest BCUT2D eigenvalue weighted by Gasteiger charge is 2.20. The Balaban J connectivity index is 1.22. The summed E-state index contributed by atoms with van der Waals surface area (Å²) in [7, 11) is 0. The molecule has 3 nitrogen and oxygen atoms in total. The average molecular weight is 526 g/mol. The number of benzene rings is 6. The van der Waals surface area contributed by atoms with E-state index in [1.807, 2.05) is 6.07 Å². The molecule has 41 heavy (non-hydrogen) atoms. The summed E-state index contributed by atoms with van der Waals surface area (Å²) in [5.74, 6) is 0. The zero-order valence-electron chi connectivity index (χ0n) is 22.4. The second kappa shape index (κ2) is 9.65. The van der Waals surface area contributed by atoms with E-state index in [2.05, 4.69) is 155 Å². The van der Waals surface area contributed by atoms with Crippen molar-refractivity contribution in [1.82, 2.24) is 9.88 Å². The molecule has 0 spiro atoms. The van der Waals surface area contributed by atoms with Gasteiger partial charge in [-0.2, -0.15) is 0 Å². The van der Waals surface area contributed by atoms with Crippen LogP contribution in [-0.2, 0) is 0 Å². The lowest BCUT2D eigenvalue weighted by molar-refractivity contribution is 0.664. The van der Waals surface area contributed by atoms with Crippen molar-refractivity contribution in [2.45, 2.75) is 6.17 Å². The van der Waals surface area contributed by atoms with Gasteiger partial charge in [-0.3, -0.25) is 4.99 Å². The molecule has 3 heteroatoms. The van der Waals surface area contributed by atoms with Crippen molar-refractivity contribution in [2.75, 3.05) is 0 Å². The third kappa shape index (κ3) is 4.11. The van der Waals surface area contributed by atoms with Gasteiger partial charge in [0.15, 0.2) is 0 Å². The minimum Gasteiger partial charge on any atom is -0.360 e. The van der Waals surface area contributed by atoms with Crippen molar-refractivity contribution in [3.63, 3.8) is 0 Å². The Kier molecular flexibility index (Phi) is 5.53. The number of hydrogen-bond donors (Lipinski definition) is 1. The van der Waals surface area contributed by atoms with Gasteiger partial charge in [-0.15, -0.1) is 0 Å². The van der Waals surface area contributed by atoms with Crippen molar-refractivity contribution in [3.05, 3.63) is 168 Å². The summed E-state index contributed by atoms with van der Waals surface area (Å²) in [6.07, 6.45) is 2.01. The van der Waals surface area contributed by atoms with Crippen LogP contribution >= 0.6 is 0 Å². The molecule has 1 aliphatic heterocycles. The van der Waals surface area contributed by atoms with E-state index < -0.39 is 0 Å². The van der Waals surface area contributed by atoms with Crippen LogP contribution in [0.1, 0.15) is 22.9 Å². The van der Waals surface area contributed by atoms with Gasteiger partial charge in [-0.1, -0.05) is 115 Å². The average Bonchev–Trinajstić information content (AvgIpc) is 3.39. The predicted molar refractivity (Wildman–Crippen MR) is 172 cm³/mol. The number of nitrogens with one attached hydrogen (secondary N) is 1. The molecule has 0 amide bonds. The van der Waals surface area contributed by atoms with Crippen molar-refractivity contribution >= 4 is 44.0 Å². The highest BCUT2D eigenvalue weighted by Crippen LogP contribution is 2.33. The van der Waals surface area contributed by atoms with E-state index in [4.69, 9.17) is 4.99 Å². The third-order valence-corrected chi connectivity index (χ3v) is 8.02. The lowest BCUT2D eigenvalue weighted by atomic mass is 9.99. The largest absolute Gasteiger partial charge is 0.360 e. The number of para-hydroxylation sites is 2. The molecule has 1 unspecified atom stereocenters. The number of aromatic nitrogens is 1. The summed E-state index contributed by atoms with van der Waals surface area (Å²) >= 11 is 0. The Bertz CT molecular complexity index is 2060. The molecule has 0 saturated heterocycles. The van der Waals surface area contributed by atoms with E-state index in [-0.39, 0.29) is 6.17 Å². The first kappa shape index (κ1) is 23.5. The monoisotopic (exact) mass is 525 g/mol. The third-order valence-electron chi connectivity index (χ3n) is 8.02. The van der Waals surface area contributed by atoms with Crippen LogP contribution in [0.15, 0.2) is 157 Å². The van der Waals surface area contributed by atoms with Gasteiger partial charge in [0.2, 0.25) is 0 Å². The van der Waals surface area contributed by atoms with Crippen molar-refractivity contribution in [3.8, 4) is 5.69 Å². The summed E-state index contributed by atoms with van der Waals surface area (Å²) in [5, 5.41) is 8.69. The Hall–Kier alpha value is -5.41. The summed E-state index contributed by atoms with van der Waals surface area (Å²) in [4.78, 5) is 5.16. The summed E-state index contributed by atoms with van der Waals surface area (Å²) < 4.78 is 2.35. The molecule has 1 atom stereocenters. The highest BCUT2D eigenvalue weighted by molar-refractivity contribution is 6.14. The first-order valence-corrected chi connectivity index (χ1v) is 14.0. The SMILES string of the molecule is C1=C(c2ccc(-n3c4ccccc4c4ccccc43)cc2)NC(c2ccccc2)N=C1c1ccc2ccccc2c1. The molecule has 0 saturated carbocycles. The Morgan fingerprint density at radius 3 is 1.88 bits per heavy atom. The van der Waals surface area contributed by atoms with E-state index in [9.17, 15) is 0 Å². The fourth-order valence-electron chi connectivity index (χ4n) is 5.99. The smallest absolute Gasteiger partial charge is 0.145 e. The Morgan fingerprint density at radius 1 is 0.537 bits per heavy atom.